The van der Waals surface area contributed by atoms with Crippen LogP contribution in [0.5, 0.6) is 5.75 Å². The van der Waals surface area contributed by atoms with Crippen LogP contribution in [0.1, 0.15) is 10.6 Å². The van der Waals surface area contributed by atoms with Crippen LogP contribution in [-0.2, 0) is 4.79 Å². The average molecular weight is 428 g/mol. The van der Waals surface area contributed by atoms with Crippen molar-refractivity contribution in [2.24, 2.45) is 0 Å². The Hall–Kier alpha value is -3.59. The fraction of sp³-hybridized carbons (Fsp3) is 0.150. The molecule has 0 radical (unpaired) electrons. The largest absolute Gasteiger partial charge is 0.487 e. The summed E-state index contributed by atoms with van der Waals surface area (Å²) in [6.07, 6.45) is 2.31. The van der Waals surface area contributed by atoms with Gasteiger partial charge in [-0.3, -0.25) is 14.5 Å². The van der Waals surface area contributed by atoms with E-state index in [9.17, 15) is 14.0 Å². The number of hydrogen-bond acceptors (Lipinski definition) is 6. The van der Waals surface area contributed by atoms with E-state index in [2.05, 4.69) is 20.3 Å². The van der Waals surface area contributed by atoms with Crippen molar-refractivity contribution in [1.82, 2.24) is 20.3 Å². The first-order chi connectivity index (χ1) is 14.4. The molecule has 3 heterocycles. The Labute approximate surface area is 175 Å². The molecule has 4 rings (SSSR count). The van der Waals surface area contributed by atoms with E-state index in [1.807, 2.05) is 18.2 Å². The van der Waals surface area contributed by atoms with Gasteiger partial charge in [-0.15, -0.1) is 0 Å². The molecule has 1 aliphatic heterocycles. The predicted octanol–water partition coefficient (Wildman–Crippen LogP) is 2.48. The van der Waals surface area contributed by atoms with Crippen LogP contribution in [0.15, 0.2) is 48.8 Å². The van der Waals surface area contributed by atoms with Gasteiger partial charge in [-0.05, 0) is 0 Å². The highest BCUT2D eigenvalue weighted by atomic mass is 35.5. The van der Waals surface area contributed by atoms with E-state index in [0.717, 1.165) is 17.8 Å². The molecule has 0 bridgehead atoms. The Bertz CT molecular complexity index is 1130. The number of nitrogens with zero attached hydrogens (tertiary/aromatic N) is 4. The number of anilines is 1. The number of likely N-dealkylation sites (N-methyl/N-ethyl adjacent to an activating group) is 1. The number of nitrogens with one attached hydrogen (secondary N) is 1. The van der Waals surface area contributed by atoms with Crippen LogP contribution in [0, 0.1) is 5.82 Å². The van der Waals surface area contributed by atoms with Gasteiger partial charge in [0.2, 0.25) is 5.82 Å². The van der Waals surface area contributed by atoms with Gasteiger partial charge in [-0.2, -0.15) is 0 Å². The number of amides is 2. The van der Waals surface area contributed by atoms with E-state index in [1.165, 1.54) is 18.1 Å². The van der Waals surface area contributed by atoms with Gasteiger partial charge in [0.1, 0.15) is 18.5 Å². The van der Waals surface area contributed by atoms with Crippen LogP contribution in [0.2, 0.25) is 5.02 Å². The molecule has 0 aliphatic carbocycles. The zero-order chi connectivity index (χ0) is 21.3. The predicted molar refractivity (Wildman–Crippen MR) is 107 cm³/mol. The van der Waals surface area contributed by atoms with E-state index in [0.29, 0.717) is 5.69 Å². The molecule has 10 heteroatoms. The van der Waals surface area contributed by atoms with Crippen molar-refractivity contribution in [3.05, 3.63) is 65.5 Å². The monoisotopic (exact) mass is 427 g/mol. The van der Waals surface area contributed by atoms with Gasteiger partial charge < -0.3 is 10.1 Å². The number of ether oxygens (including phenoxy) is 1. The van der Waals surface area contributed by atoms with Crippen molar-refractivity contribution >= 4 is 29.2 Å². The quantitative estimate of drug-likeness (QED) is 0.689. The molecule has 8 nitrogen and oxygen atoms in total. The van der Waals surface area contributed by atoms with Crippen molar-refractivity contribution in [3.63, 3.8) is 0 Å². The Morgan fingerprint density at radius 2 is 2.03 bits per heavy atom. The Kier molecular flexibility index (Phi) is 5.28. The minimum atomic E-state index is -1.04. The van der Waals surface area contributed by atoms with Crippen molar-refractivity contribution in [3.8, 4) is 17.0 Å². The summed E-state index contributed by atoms with van der Waals surface area (Å²) in [7, 11) is 1.46. The van der Waals surface area contributed by atoms with Crippen molar-refractivity contribution < 1.29 is 18.7 Å². The maximum Gasteiger partial charge on any atom is 0.289 e. The number of carbonyl (C=O) groups excluding carboxylic acids is 2. The highest BCUT2D eigenvalue weighted by Gasteiger charge is 2.32. The van der Waals surface area contributed by atoms with E-state index in [-0.39, 0.29) is 29.0 Å². The molecule has 0 fully saturated rings. The molecule has 0 saturated heterocycles. The molecule has 0 saturated carbocycles. The van der Waals surface area contributed by atoms with Gasteiger partial charge in [0, 0.05) is 18.7 Å². The average Bonchev–Trinajstić information content (AvgIpc) is 2.86. The molecule has 1 N–H and O–H groups in total. The summed E-state index contributed by atoms with van der Waals surface area (Å²) >= 11 is 6.18. The second-order valence-electron chi connectivity index (χ2n) is 6.47. The van der Waals surface area contributed by atoms with E-state index in [4.69, 9.17) is 16.3 Å². The van der Waals surface area contributed by atoms with Gasteiger partial charge in [0.15, 0.2) is 11.6 Å². The summed E-state index contributed by atoms with van der Waals surface area (Å²) in [5.41, 5.74) is 1.11. The lowest BCUT2D eigenvalue weighted by Gasteiger charge is -2.19. The fourth-order valence-electron chi connectivity index (χ4n) is 2.96. The molecule has 2 amide bonds. The molecular formula is C20H15ClFN5O3. The number of pyridine rings is 1. The summed E-state index contributed by atoms with van der Waals surface area (Å²) in [6.45, 7) is -0.202. The Morgan fingerprint density at radius 1 is 1.27 bits per heavy atom. The molecule has 1 aromatic carbocycles. The number of benzene rings is 1. The van der Waals surface area contributed by atoms with Crippen LogP contribution in [0.4, 0.5) is 10.2 Å². The highest BCUT2D eigenvalue weighted by Crippen LogP contribution is 2.29. The summed E-state index contributed by atoms with van der Waals surface area (Å²) in [4.78, 5) is 38.8. The minimum Gasteiger partial charge on any atom is -0.487 e. The van der Waals surface area contributed by atoms with Gasteiger partial charge in [0.05, 0.1) is 23.1 Å². The summed E-state index contributed by atoms with van der Waals surface area (Å²) < 4.78 is 18.9. The molecule has 0 spiro atoms. The fourth-order valence-corrected chi connectivity index (χ4v) is 3.16. The van der Waals surface area contributed by atoms with E-state index in [1.54, 1.807) is 12.1 Å². The molecule has 152 valence electrons. The normalized spacial score (nSPS) is 15.8. The zero-order valence-electron chi connectivity index (χ0n) is 15.7. The van der Waals surface area contributed by atoms with Crippen LogP contribution < -0.4 is 15.0 Å². The van der Waals surface area contributed by atoms with Gasteiger partial charge in [-0.1, -0.05) is 41.9 Å². The summed E-state index contributed by atoms with van der Waals surface area (Å²) in [5.74, 6) is -1.63. The minimum absolute atomic E-state index is 0.108. The molecule has 1 atom stereocenters. The maximum absolute atomic E-state index is 13.4. The van der Waals surface area contributed by atoms with Crippen molar-refractivity contribution in [2.75, 3.05) is 18.6 Å². The lowest BCUT2D eigenvalue weighted by Crippen LogP contribution is -2.49. The molecule has 1 aliphatic rings. The lowest BCUT2D eigenvalue weighted by atomic mass is 10.1. The lowest BCUT2D eigenvalue weighted by molar-refractivity contribution is -0.120. The van der Waals surface area contributed by atoms with Gasteiger partial charge in [0.25, 0.3) is 11.8 Å². The number of halogens is 2. The number of carbonyl (C=O) groups is 2. The third kappa shape index (κ3) is 3.79. The number of aromatic nitrogens is 3. The van der Waals surface area contributed by atoms with Crippen molar-refractivity contribution in [2.45, 2.75) is 6.04 Å². The third-order valence-electron chi connectivity index (χ3n) is 4.45. The second-order valence-corrected chi connectivity index (χ2v) is 6.87. The highest BCUT2D eigenvalue weighted by molar-refractivity contribution is 6.32. The van der Waals surface area contributed by atoms with Crippen molar-refractivity contribution in [1.29, 1.82) is 0 Å². The topological polar surface area (TPSA) is 97.3 Å². The first kappa shape index (κ1) is 19.7. The molecule has 2 aromatic heterocycles. The standard InChI is InChI=1S/C20H15ClFN5O3/c1-27-18-15(7-12(22)8-24-18)30-10-14(20(27)29)25-19(28)17-23-9-13(21)16(26-17)11-5-3-2-4-6-11/h2-9,14H,10H2,1H3,(H,25,28). The van der Waals surface area contributed by atoms with Crippen LogP contribution in [0.3, 0.4) is 0 Å². The SMILES string of the molecule is CN1C(=O)C(NC(=O)c2ncc(Cl)c(-c3ccccc3)n2)COc2cc(F)cnc21. The van der Waals surface area contributed by atoms with E-state index < -0.39 is 23.7 Å². The summed E-state index contributed by atoms with van der Waals surface area (Å²) in [5, 5.41) is 2.85. The first-order valence-corrected chi connectivity index (χ1v) is 9.26. The smallest absolute Gasteiger partial charge is 0.289 e. The molecule has 1 unspecified atom stereocenters. The Balaban J connectivity index is 1.57. The molecule has 3 aromatic rings. The third-order valence-corrected chi connectivity index (χ3v) is 4.73. The second kappa shape index (κ2) is 8.03. The van der Waals surface area contributed by atoms with Crippen LogP contribution >= 0.6 is 11.6 Å². The van der Waals surface area contributed by atoms with E-state index >= 15 is 0 Å². The molecular weight excluding hydrogens is 413 g/mol. The number of hydrogen-bond donors (Lipinski definition) is 1. The summed E-state index contributed by atoms with van der Waals surface area (Å²) in [6, 6.07) is 9.18. The first-order valence-electron chi connectivity index (χ1n) is 8.89. The van der Waals surface area contributed by atoms with Crippen LogP contribution in [0.25, 0.3) is 11.3 Å². The maximum atomic E-state index is 13.4. The number of fused-ring (bicyclic) bond motifs is 1. The molecule has 30 heavy (non-hydrogen) atoms. The Morgan fingerprint density at radius 3 is 2.80 bits per heavy atom. The van der Waals surface area contributed by atoms with Crippen LogP contribution in [-0.4, -0.2) is 46.5 Å². The van der Waals surface area contributed by atoms with Gasteiger partial charge in [-0.25, -0.2) is 19.3 Å². The number of rotatable bonds is 3. The van der Waals surface area contributed by atoms with Gasteiger partial charge >= 0.3 is 0 Å². The zero-order valence-corrected chi connectivity index (χ0v) is 16.4.